The van der Waals surface area contributed by atoms with Gasteiger partial charge in [-0.3, -0.25) is 0 Å². The van der Waals surface area contributed by atoms with Gasteiger partial charge in [-0.15, -0.1) is 0 Å². The number of aryl methyl sites for hydroxylation is 2. The van der Waals surface area contributed by atoms with Gasteiger partial charge >= 0.3 is 0 Å². The summed E-state index contributed by atoms with van der Waals surface area (Å²) in [5.74, 6) is -1.24. The van der Waals surface area contributed by atoms with E-state index in [-0.39, 0.29) is 12.8 Å². The summed E-state index contributed by atoms with van der Waals surface area (Å²) in [6, 6.07) is 12.2. The molecule has 0 N–H and O–H groups in total. The van der Waals surface area contributed by atoms with E-state index in [0.29, 0.717) is 0 Å². The van der Waals surface area contributed by atoms with E-state index in [9.17, 15) is 25.9 Å². The van der Waals surface area contributed by atoms with Crippen LogP contribution in [0.25, 0.3) is 0 Å². The zero-order valence-electron chi connectivity index (χ0n) is 16.2. The smallest absolute Gasteiger partial charge is 0.168 e. The molecule has 10 heteroatoms. The lowest BCUT2D eigenvalue weighted by atomic mass is 10.4. The maximum atomic E-state index is 9.97. The summed E-state index contributed by atoms with van der Waals surface area (Å²) in [6.45, 7) is 6.36. The fraction of sp³-hybridized carbons (Fsp3) is 0.444. The molecule has 0 unspecified atom stereocenters. The lowest BCUT2D eigenvalue weighted by Gasteiger charge is -2.07. The molecule has 0 amide bonds. The van der Waals surface area contributed by atoms with Crippen LogP contribution in [0.1, 0.15) is 26.7 Å². The zero-order valence-corrected chi connectivity index (χ0v) is 17.8. The molecule has 2 heterocycles. The van der Waals surface area contributed by atoms with Crippen LogP contribution in [0.4, 0.5) is 0 Å². The molecule has 0 aliphatic rings. The molecule has 28 heavy (non-hydrogen) atoms. The van der Waals surface area contributed by atoms with Gasteiger partial charge in [-0.05, 0) is 26.7 Å². The second-order valence-electron chi connectivity index (χ2n) is 5.64. The molecule has 0 saturated heterocycles. The molecular formula is C18H28N2O6S2. The first kappa shape index (κ1) is 26.1. The lowest BCUT2D eigenvalue weighted by molar-refractivity contribution is -0.693. The van der Waals surface area contributed by atoms with Crippen molar-refractivity contribution in [1.29, 1.82) is 0 Å². The molecule has 2 rings (SSSR count). The Labute approximate surface area is 168 Å². The Hall–Kier alpha value is -1.88. The largest absolute Gasteiger partial charge is 0.748 e. The van der Waals surface area contributed by atoms with E-state index in [0.717, 1.165) is 13.1 Å². The fourth-order valence-electron chi connectivity index (χ4n) is 1.85. The van der Waals surface area contributed by atoms with Crippen molar-refractivity contribution in [1.82, 2.24) is 0 Å². The molecule has 0 bridgehead atoms. The zero-order chi connectivity index (χ0) is 21.5. The van der Waals surface area contributed by atoms with Crippen molar-refractivity contribution in [2.24, 2.45) is 0 Å². The van der Waals surface area contributed by atoms with E-state index >= 15 is 0 Å². The van der Waals surface area contributed by atoms with Gasteiger partial charge in [0.15, 0.2) is 24.8 Å². The standard InChI is InChI=1S/2C7H10N.C4H10O6S2/c2*1-2-8-6-4-3-5-7-8;5-11(6,7)3-1-2-4-12(8,9)10/h2*3-7H,2H2,1H3;1-4H2,(H,5,6,7)(H,8,9,10)/q2*+1;/p-2. The maximum Gasteiger partial charge on any atom is 0.168 e. The van der Waals surface area contributed by atoms with Gasteiger partial charge in [-0.2, -0.15) is 0 Å². The van der Waals surface area contributed by atoms with Crippen LogP contribution in [0.5, 0.6) is 0 Å². The third-order valence-corrected chi connectivity index (χ3v) is 4.90. The van der Waals surface area contributed by atoms with Gasteiger partial charge in [0, 0.05) is 35.8 Å². The second-order valence-corrected chi connectivity index (χ2v) is 8.69. The SMILES string of the molecule is CC[n+]1ccccc1.CC[n+]1ccccc1.O=S(=O)([O-])CCCCS(=O)(=O)[O-]. The first-order valence-corrected chi connectivity index (χ1v) is 12.0. The van der Waals surface area contributed by atoms with Crippen LogP contribution < -0.4 is 9.13 Å². The molecule has 0 atom stereocenters. The molecule has 0 saturated carbocycles. The number of unbranched alkanes of at least 4 members (excludes halogenated alkanes) is 1. The highest BCUT2D eigenvalue weighted by Crippen LogP contribution is 1.96. The van der Waals surface area contributed by atoms with E-state index in [4.69, 9.17) is 0 Å². The molecule has 158 valence electrons. The lowest BCUT2D eigenvalue weighted by Crippen LogP contribution is -2.30. The highest BCUT2D eigenvalue weighted by molar-refractivity contribution is 7.86. The second kappa shape index (κ2) is 14.2. The van der Waals surface area contributed by atoms with Gasteiger partial charge < -0.3 is 9.11 Å². The Morgan fingerprint density at radius 2 is 0.893 bits per heavy atom. The van der Waals surface area contributed by atoms with Crippen LogP contribution in [-0.2, 0) is 33.3 Å². The van der Waals surface area contributed by atoms with Crippen LogP contribution in [0.15, 0.2) is 61.2 Å². The number of aromatic nitrogens is 2. The maximum absolute atomic E-state index is 9.97. The highest BCUT2D eigenvalue weighted by atomic mass is 32.2. The molecule has 8 nitrogen and oxygen atoms in total. The number of hydrogen-bond donors (Lipinski definition) is 0. The topological polar surface area (TPSA) is 122 Å². The molecule has 0 fully saturated rings. The van der Waals surface area contributed by atoms with Crippen molar-refractivity contribution >= 4 is 20.2 Å². The normalized spacial score (nSPS) is 10.9. The van der Waals surface area contributed by atoms with Crippen molar-refractivity contribution in [3.63, 3.8) is 0 Å². The average Bonchev–Trinajstić information content (AvgIpc) is 2.66. The Kier molecular flexibility index (Phi) is 13.2. The Morgan fingerprint density at radius 1 is 0.607 bits per heavy atom. The summed E-state index contributed by atoms with van der Waals surface area (Å²) in [5, 5.41) is 0. The highest BCUT2D eigenvalue weighted by Gasteiger charge is 1.98. The predicted octanol–water partition coefficient (Wildman–Crippen LogP) is 0.845. The fourth-order valence-corrected chi connectivity index (χ4v) is 2.96. The molecule has 0 radical (unpaired) electrons. The molecular weight excluding hydrogens is 404 g/mol. The Balaban J connectivity index is 0.000000402. The van der Waals surface area contributed by atoms with Crippen LogP contribution in [-0.4, -0.2) is 37.4 Å². The van der Waals surface area contributed by atoms with E-state index in [1.54, 1.807) is 0 Å². The molecule has 2 aromatic rings. The summed E-state index contributed by atoms with van der Waals surface area (Å²) in [5.41, 5.74) is 0. The van der Waals surface area contributed by atoms with Crippen LogP contribution >= 0.6 is 0 Å². The van der Waals surface area contributed by atoms with Crippen molar-refractivity contribution in [2.45, 2.75) is 39.8 Å². The summed E-state index contributed by atoms with van der Waals surface area (Å²) >= 11 is 0. The summed E-state index contributed by atoms with van der Waals surface area (Å²) in [7, 11) is -8.58. The van der Waals surface area contributed by atoms with Crippen molar-refractivity contribution in [3.05, 3.63) is 61.2 Å². The van der Waals surface area contributed by atoms with Crippen molar-refractivity contribution in [3.8, 4) is 0 Å². The molecule has 0 spiro atoms. The van der Waals surface area contributed by atoms with Crippen molar-refractivity contribution < 1.29 is 35.1 Å². The number of pyridine rings is 2. The minimum atomic E-state index is -4.29. The molecule has 0 aliphatic carbocycles. The molecule has 0 aromatic carbocycles. The number of hydrogen-bond acceptors (Lipinski definition) is 6. The predicted molar refractivity (Wildman–Crippen MR) is 103 cm³/mol. The van der Waals surface area contributed by atoms with Gasteiger partial charge in [0.2, 0.25) is 0 Å². The molecule has 2 aromatic heterocycles. The first-order chi connectivity index (χ1) is 13.1. The van der Waals surface area contributed by atoms with Gasteiger partial charge in [0.05, 0.1) is 20.2 Å². The number of rotatable bonds is 7. The third kappa shape index (κ3) is 17.5. The quantitative estimate of drug-likeness (QED) is 0.363. The first-order valence-electron chi connectivity index (χ1n) is 8.82. The van der Waals surface area contributed by atoms with E-state index in [1.807, 2.05) is 36.4 Å². The monoisotopic (exact) mass is 432 g/mol. The van der Waals surface area contributed by atoms with E-state index in [1.165, 1.54) is 0 Å². The Morgan fingerprint density at radius 3 is 1.07 bits per heavy atom. The minimum Gasteiger partial charge on any atom is -0.748 e. The van der Waals surface area contributed by atoms with Crippen molar-refractivity contribution in [2.75, 3.05) is 11.5 Å². The third-order valence-electron chi connectivity index (χ3n) is 3.32. The van der Waals surface area contributed by atoms with E-state index < -0.39 is 31.7 Å². The van der Waals surface area contributed by atoms with Crippen LogP contribution in [0.2, 0.25) is 0 Å². The van der Waals surface area contributed by atoms with Gasteiger partial charge in [-0.25, -0.2) is 26.0 Å². The van der Waals surface area contributed by atoms with Crippen LogP contribution in [0.3, 0.4) is 0 Å². The molecule has 0 aliphatic heterocycles. The van der Waals surface area contributed by atoms with Gasteiger partial charge in [0.1, 0.15) is 13.1 Å². The number of nitrogens with zero attached hydrogens (tertiary/aromatic N) is 2. The summed E-state index contributed by atoms with van der Waals surface area (Å²) in [6.07, 6.45) is 8.04. The minimum absolute atomic E-state index is 0.0900. The summed E-state index contributed by atoms with van der Waals surface area (Å²) in [4.78, 5) is 0. The Bertz CT molecular complexity index is 769. The van der Waals surface area contributed by atoms with Gasteiger partial charge in [0.25, 0.3) is 0 Å². The average molecular weight is 433 g/mol. The van der Waals surface area contributed by atoms with Crippen LogP contribution in [0, 0.1) is 0 Å². The summed E-state index contributed by atoms with van der Waals surface area (Å²) < 4.78 is 64.1. The van der Waals surface area contributed by atoms with E-state index in [2.05, 4.69) is 47.8 Å². The van der Waals surface area contributed by atoms with Gasteiger partial charge in [-0.1, -0.05) is 12.1 Å².